The summed E-state index contributed by atoms with van der Waals surface area (Å²) in [5, 5.41) is 9.01. The van der Waals surface area contributed by atoms with E-state index >= 15 is 0 Å². The molecule has 0 saturated heterocycles. The summed E-state index contributed by atoms with van der Waals surface area (Å²) in [5.74, 6) is 0.810. The van der Waals surface area contributed by atoms with E-state index in [9.17, 15) is 4.79 Å². The monoisotopic (exact) mass is 230 g/mol. The lowest BCUT2D eigenvalue weighted by atomic mass is 10.2. The lowest BCUT2D eigenvalue weighted by Gasteiger charge is -2.04. The van der Waals surface area contributed by atoms with Crippen LogP contribution < -0.4 is 0 Å². The number of nitrogens with zero attached hydrogens (tertiary/aromatic N) is 2. The van der Waals surface area contributed by atoms with Crippen molar-refractivity contribution in [3.63, 3.8) is 0 Å². The Bertz CT molecular complexity index is 597. The van der Waals surface area contributed by atoms with Crippen LogP contribution in [0.25, 0.3) is 11.0 Å². The molecule has 1 fully saturated rings. The number of carboxylic acids is 1. The van der Waals surface area contributed by atoms with Crippen LogP contribution in [0.4, 0.5) is 0 Å². The van der Waals surface area contributed by atoms with Gasteiger partial charge in [0.05, 0.1) is 16.6 Å². The molecular weight excluding hydrogens is 216 g/mol. The number of carbonyl (C=O) groups is 1. The zero-order valence-electron chi connectivity index (χ0n) is 9.68. The molecule has 3 rings (SSSR count). The number of aromatic nitrogens is 2. The Morgan fingerprint density at radius 1 is 1.53 bits per heavy atom. The Hall–Kier alpha value is -1.84. The number of imidazole rings is 1. The van der Waals surface area contributed by atoms with Gasteiger partial charge in [-0.05, 0) is 38.0 Å². The molecule has 2 aromatic rings. The van der Waals surface area contributed by atoms with Crippen molar-refractivity contribution in [2.45, 2.75) is 32.2 Å². The Kier molecular flexibility index (Phi) is 2.18. The van der Waals surface area contributed by atoms with Crippen molar-refractivity contribution in [2.24, 2.45) is 0 Å². The highest BCUT2D eigenvalue weighted by Crippen LogP contribution is 2.40. The fraction of sp³-hybridized carbons (Fsp3) is 0.385. The Balaban J connectivity index is 2.22. The van der Waals surface area contributed by atoms with Crippen molar-refractivity contribution in [1.82, 2.24) is 9.55 Å². The number of hydrogen-bond acceptors (Lipinski definition) is 2. The summed E-state index contributed by atoms with van der Waals surface area (Å²) in [6, 6.07) is 5.14. The Labute approximate surface area is 98.9 Å². The van der Waals surface area contributed by atoms with Crippen molar-refractivity contribution >= 4 is 17.0 Å². The van der Waals surface area contributed by atoms with Crippen LogP contribution in [0.2, 0.25) is 0 Å². The molecule has 0 unspecified atom stereocenters. The maximum absolute atomic E-state index is 11.0. The van der Waals surface area contributed by atoms with Crippen LogP contribution in [0.3, 0.4) is 0 Å². The van der Waals surface area contributed by atoms with Crippen LogP contribution in [0.15, 0.2) is 18.2 Å². The molecule has 1 aromatic carbocycles. The van der Waals surface area contributed by atoms with Gasteiger partial charge in [-0.3, -0.25) is 0 Å². The van der Waals surface area contributed by atoms with Crippen LogP contribution in [0.1, 0.15) is 41.9 Å². The predicted molar refractivity (Wildman–Crippen MR) is 64.3 cm³/mol. The van der Waals surface area contributed by atoms with Gasteiger partial charge >= 0.3 is 5.97 Å². The molecule has 0 spiro atoms. The van der Waals surface area contributed by atoms with Gasteiger partial charge < -0.3 is 9.67 Å². The zero-order chi connectivity index (χ0) is 12.0. The summed E-state index contributed by atoms with van der Waals surface area (Å²) in [4.78, 5) is 15.6. The molecule has 1 saturated carbocycles. The molecule has 88 valence electrons. The third kappa shape index (κ3) is 1.60. The van der Waals surface area contributed by atoms with Crippen LogP contribution in [0, 0.1) is 0 Å². The van der Waals surface area contributed by atoms with Crippen molar-refractivity contribution in [3.8, 4) is 0 Å². The van der Waals surface area contributed by atoms with E-state index in [0.29, 0.717) is 11.5 Å². The molecule has 1 heterocycles. The first-order valence-corrected chi connectivity index (χ1v) is 5.94. The summed E-state index contributed by atoms with van der Waals surface area (Å²) in [6.07, 6.45) is 2.41. The van der Waals surface area contributed by atoms with E-state index in [0.717, 1.165) is 23.4 Å². The third-order valence-corrected chi connectivity index (χ3v) is 3.28. The first kappa shape index (κ1) is 10.3. The van der Waals surface area contributed by atoms with Crippen molar-refractivity contribution < 1.29 is 9.90 Å². The lowest BCUT2D eigenvalue weighted by Crippen LogP contribution is -2.01. The van der Waals surface area contributed by atoms with Crippen LogP contribution in [0.5, 0.6) is 0 Å². The molecular formula is C13H14N2O2. The van der Waals surface area contributed by atoms with E-state index < -0.39 is 5.97 Å². The summed E-state index contributed by atoms with van der Waals surface area (Å²) >= 11 is 0. The van der Waals surface area contributed by atoms with Gasteiger partial charge in [-0.25, -0.2) is 9.78 Å². The van der Waals surface area contributed by atoms with Gasteiger partial charge in [0.1, 0.15) is 5.82 Å². The lowest BCUT2D eigenvalue weighted by molar-refractivity contribution is 0.0697. The SMILES string of the molecule is CCn1c(C2CC2)nc2ccc(C(=O)O)cc21. The standard InChI is InChI=1S/C13H14N2O2/c1-2-15-11-7-9(13(16)17)5-6-10(11)14-12(15)8-3-4-8/h5-8H,2-4H2,1H3,(H,16,17). The van der Waals surface area contributed by atoms with Crippen molar-refractivity contribution in [3.05, 3.63) is 29.6 Å². The molecule has 0 atom stereocenters. The molecule has 1 aromatic heterocycles. The van der Waals surface area contributed by atoms with Gasteiger partial charge in [-0.2, -0.15) is 0 Å². The molecule has 0 amide bonds. The topological polar surface area (TPSA) is 55.1 Å². The van der Waals surface area contributed by atoms with Crippen molar-refractivity contribution in [1.29, 1.82) is 0 Å². The molecule has 17 heavy (non-hydrogen) atoms. The number of aryl methyl sites for hydroxylation is 1. The second-order valence-electron chi connectivity index (χ2n) is 4.50. The van der Waals surface area contributed by atoms with E-state index in [4.69, 9.17) is 5.11 Å². The number of benzene rings is 1. The van der Waals surface area contributed by atoms with Crippen LogP contribution in [-0.2, 0) is 6.54 Å². The predicted octanol–water partition coefficient (Wildman–Crippen LogP) is 2.63. The average Bonchev–Trinajstić information content (AvgIpc) is 3.09. The molecule has 0 bridgehead atoms. The first-order valence-electron chi connectivity index (χ1n) is 5.94. The third-order valence-electron chi connectivity index (χ3n) is 3.28. The van der Waals surface area contributed by atoms with Crippen molar-refractivity contribution in [2.75, 3.05) is 0 Å². The maximum atomic E-state index is 11.0. The number of aromatic carboxylic acids is 1. The Morgan fingerprint density at radius 2 is 2.29 bits per heavy atom. The van der Waals surface area contributed by atoms with Gasteiger partial charge in [0, 0.05) is 12.5 Å². The highest BCUT2D eigenvalue weighted by Gasteiger charge is 2.29. The van der Waals surface area contributed by atoms with E-state index in [1.165, 1.54) is 12.8 Å². The number of fused-ring (bicyclic) bond motifs is 1. The summed E-state index contributed by atoms with van der Waals surface area (Å²) in [7, 11) is 0. The number of carboxylic acid groups (broad SMARTS) is 1. The first-order chi connectivity index (χ1) is 8.20. The van der Waals surface area contributed by atoms with Crippen LogP contribution >= 0.6 is 0 Å². The summed E-state index contributed by atoms with van der Waals surface area (Å²) in [6.45, 7) is 2.91. The quantitative estimate of drug-likeness (QED) is 0.881. The van der Waals surface area contributed by atoms with E-state index in [2.05, 4.69) is 16.5 Å². The van der Waals surface area contributed by atoms with E-state index in [1.54, 1.807) is 18.2 Å². The maximum Gasteiger partial charge on any atom is 0.335 e. The summed E-state index contributed by atoms with van der Waals surface area (Å²) < 4.78 is 2.14. The molecule has 1 aliphatic rings. The smallest absolute Gasteiger partial charge is 0.335 e. The molecule has 1 N–H and O–H groups in total. The molecule has 1 aliphatic carbocycles. The second-order valence-corrected chi connectivity index (χ2v) is 4.50. The molecule has 4 nitrogen and oxygen atoms in total. The van der Waals surface area contributed by atoms with Gasteiger partial charge in [-0.1, -0.05) is 0 Å². The number of rotatable bonds is 3. The summed E-state index contributed by atoms with van der Waals surface area (Å²) in [5.41, 5.74) is 2.17. The molecule has 4 heteroatoms. The average molecular weight is 230 g/mol. The largest absolute Gasteiger partial charge is 0.478 e. The van der Waals surface area contributed by atoms with E-state index in [-0.39, 0.29) is 0 Å². The molecule has 0 aliphatic heterocycles. The molecule has 0 radical (unpaired) electrons. The van der Waals surface area contributed by atoms with Gasteiger partial charge in [0.15, 0.2) is 0 Å². The van der Waals surface area contributed by atoms with Crippen LogP contribution in [-0.4, -0.2) is 20.6 Å². The minimum atomic E-state index is -0.885. The zero-order valence-corrected chi connectivity index (χ0v) is 9.68. The van der Waals surface area contributed by atoms with Gasteiger partial charge in [0.25, 0.3) is 0 Å². The fourth-order valence-corrected chi connectivity index (χ4v) is 2.26. The Morgan fingerprint density at radius 3 is 2.88 bits per heavy atom. The minimum Gasteiger partial charge on any atom is -0.478 e. The highest BCUT2D eigenvalue weighted by atomic mass is 16.4. The van der Waals surface area contributed by atoms with E-state index in [1.807, 2.05) is 0 Å². The normalized spacial score (nSPS) is 15.4. The second kappa shape index (κ2) is 3.58. The highest BCUT2D eigenvalue weighted by molar-refractivity contribution is 5.92. The van der Waals surface area contributed by atoms with Gasteiger partial charge in [0.2, 0.25) is 0 Å². The van der Waals surface area contributed by atoms with Gasteiger partial charge in [-0.15, -0.1) is 0 Å². The number of hydrogen-bond donors (Lipinski definition) is 1. The minimum absolute atomic E-state index is 0.328. The fourth-order valence-electron chi connectivity index (χ4n) is 2.26.